The Morgan fingerprint density at radius 3 is 2.63 bits per heavy atom. The van der Waals surface area contributed by atoms with E-state index < -0.39 is 0 Å². The zero-order valence-corrected chi connectivity index (χ0v) is 18.1. The Kier molecular flexibility index (Phi) is 4.75. The number of para-hydroxylation sites is 1. The lowest BCUT2D eigenvalue weighted by atomic mass is 10.1. The Balaban J connectivity index is 1.40. The van der Waals surface area contributed by atoms with Crippen LogP contribution in [0.4, 0.5) is 17.2 Å². The number of aryl methyl sites for hydroxylation is 1. The zero-order valence-electron chi connectivity index (χ0n) is 16.5. The maximum Gasteiger partial charge on any atom is 0.255 e. The first kappa shape index (κ1) is 18.8. The van der Waals surface area contributed by atoms with Crippen LogP contribution >= 0.6 is 15.9 Å². The van der Waals surface area contributed by atoms with Gasteiger partial charge in [-0.1, -0.05) is 24.3 Å². The Morgan fingerprint density at radius 1 is 1.03 bits per heavy atom. The lowest BCUT2D eigenvalue weighted by Gasteiger charge is -2.19. The molecule has 0 aliphatic carbocycles. The van der Waals surface area contributed by atoms with Crippen molar-refractivity contribution >= 4 is 49.9 Å². The van der Waals surface area contributed by atoms with Crippen molar-refractivity contribution in [2.45, 2.75) is 13.3 Å². The highest BCUT2D eigenvalue weighted by Gasteiger charge is 2.23. The summed E-state index contributed by atoms with van der Waals surface area (Å²) in [6.45, 7) is 2.98. The molecule has 0 saturated heterocycles. The number of pyridine rings is 1. The summed E-state index contributed by atoms with van der Waals surface area (Å²) in [6, 6.07) is 23.9. The third-order valence-corrected chi connectivity index (χ3v) is 6.14. The van der Waals surface area contributed by atoms with Crippen molar-refractivity contribution in [3.05, 3.63) is 94.0 Å². The molecule has 3 aromatic carbocycles. The van der Waals surface area contributed by atoms with Crippen LogP contribution in [0.25, 0.3) is 10.9 Å². The smallest absolute Gasteiger partial charge is 0.255 e. The lowest BCUT2D eigenvalue weighted by Crippen LogP contribution is -2.15. The standard InChI is InChI=1S/C25H20BrN3O/c1-16-6-7-18-15-19-12-13-29(24(19)27-23(18)14-16)20-10-8-17(9-11-20)25(30)28-22-5-3-2-4-21(22)26/h2-11,14-15H,12-13H2,1H3,(H,28,30). The fourth-order valence-electron chi connectivity index (χ4n) is 3.87. The molecule has 4 aromatic rings. The molecule has 30 heavy (non-hydrogen) atoms. The van der Waals surface area contributed by atoms with Gasteiger partial charge in [0.05, 0.1) is 11.2 Å². The van der Waals surface area contributed by atoms with Gasteiger partial charge >= 0.3 is 0 Å². The van der Waals surface area contributed by atoms with Crippen LogP contribution in [0, 0.1) is 6.92 Å². The molecule has 4 nitrogen and oxygen atoms in total. The van der Waals surface area contributed by atoms with E-state index in [1.54, 1.807) is 0 Å². The summed E-state index contributed by atoms with van der Waals surface area (Å²) in [5.74, 6) is 0.883. The molecule has 0 spiro atoms. The molecule has 0 saturated carbocycles. The largest absolute Gasteiger partial charge is 0.326 e. The van der Waals surface area contributed by atoms with Gasteiger partial charge in [-0.25, -0.2) is 4.98 Å². The Bertz CT molecular complexity index is 1270. The van der Waals surface area contributed by atoms with E-state index in [1.165, 1.54) is 16.5 Å². The van der Waals surface area contributed by atoms with Crippen LogP contribution in [-0.4, -0.2) is 17.4 Å². The van der Waals surface area contributed by atoms with Gasteiger partial charge in [0.15, 0.2) is 0 Å². The summed E-state index contributed by atoms with van der Waals surface area (Å²) in [4.78, 5) is 19.8. The fraction of sp³-hybridized carbons (Fsp3) is 0.120. The number of halogens is 1. The second-order valence-electron chi connectivity index (χ2n) is 7.55. The monoisotopic (exact) mass is 457 g/mol. The van der Waals surface area contributed by atoms with Gasteiger partial charge in [0.2, 0.25) is 0 Å². The first-order chi connectivity index (χ1) is 14.6. The van der Waals surface area contributed by atoms with Gasteiger partial charge in [0.1, 0.15) is 5.82 Å². The molecule has 1 aliphatic rings. The number of fused-ring (bicyclic) bond motifs is 2. The van der Waals surface area contributed by atoms with Crippen molar-refractivity contribution < 1.29 is 4.79 Å². The molecule has 0 radical (unpaired) electrons. The van der Waals surface area contributed by atoms with Crippen LogP contribution in [0.15, 0.2) is 77.3 Å². The van der Waals surface area contributed by atoms with Crippen molar-refractivity contribution in [3.8, 4) is 0 Å². The number of nitrogens with zero attached hydrogens (tertiary/aromatic N) is 2. The highest BCUT2D eigenvalue weighted by atomic mass is 79.9. The number of aromatic nitrogens is 1. The van der Waals surface area contributed by atoms with Crippen LogP contribution in [0.1, 0.15) is 21.5 Å². The van der Waals surface area contributed by atoms with E-state index in [1.807, 2.05) is 48.5 Å². The van der Waals surface area contributed by atoms with Crippen molar-refractivity contribution in [2.24, 2.45) is 0 Å². The number of nitrogens with one attached hydrogen (secondary N) is 1. The molecule has 0 fully saturated rings. The quantitative estimate of drug-likeness (QED) is 0.395. The summed E-state index contributed by atoms with van der Waals surface area (Å²) in [5.41, 5.74) is 5.92. The van der Waals surface area contributed by atoms with Gasteiger partial charge in [-0.3, -0.25) is 4.79 Å². The predicted molar refractivity (Wildman–Crippen MR) is 126 cm³/mol. The van der Waals surface area contributed by atoms with Crippen LogP contribution in [0.2, 0.25) is 0 Å². The van der Waals surface area contributed by atoms with E-state index in [9.17, 15) is 4.79 Å². The normalized spacial score (nSPS) is 12.8. The highest BCUT2D eigenvalue weighted by Crippen LogP contribution is 2.35. The van der Waals surface area contributed by atoms with E-state index in [0.29, 0.717) is 5.56 Å². The van der Waals surface area contributed by atoms with Crippen LogP contribution in [0.5, 0.6) is 0 Å². The number of carbonyl (C=O) groups is 1. The number of amides is 1. The first-order valence-corrected chi connectivity index (χ1v) is 10.7. The molecular formula is C25H20BrN3O. The molecule has 5 rings (SSSR count). The van der Waals surface area contributed by atoms with Crippen molar-refractivity contribution in [2.75, 3.05) is 16.8 Å². The maximum absolute atomic E-state index is 12.6. The predicted octanol–water partition coefficient (Wildman–Crippen LogP) is 6.25. The van der Waals surface area contributed by atoms with Gasteiger partial charge < -0.3 is 10.2 Å². The second-order valence-corrected chi connectivity index (χ2v) is 8.40. The van der Waals surface area contributed by atoms with E-state index in [2.05, 4.69) is 57.3 Å². The first-order valence-electron chi connectivity index (χ1n) is 9.92. The molecule has 1 amide bonds. The van der Waals surface area contributed by atoms with Crippen molar-refractivity contribution in [3.63, 3.8) is 0 Å². The average Bonchev–Trinajstić information content (AvgIpc) is 3.16. The third-order valence-electron chi connectivity index (χ3n) is 5.45. The average molecular weight is 458 g/mol. The van der Waals surface area contributed by atoms with E-state index in [-0.39, 0.29) is 5.91 Å². The molecule has 2 heterocycles. The lowest BCUT2D eigenvalue weighted by molar-refractivity contribution is 0.102. The van der Waals surface area contributed by atoms with Gasteiger partial charge in [0.25, 0.3) is 5.91 Å². The highest BCUT2D eigenvalue weighted by molar-refractivity contribution is 9.10. The van der Waals surface area contributed by atoms with Gasteiger partial charge in [0, 0.05) is 27.7 Å². The number of carbonyl (C=O) groups excluding carboxylic acids is 1. The number of hydrogen-bond acceptors (Lipinski definition) is 3. The van der Waals surface area contributed by atoms with Crippen LogP contribution < -0.4 is 10.2 Å². The van der Waals surface area contributed by atoms with Gasteiger partial charge in [-0.2, -0.15) is 0 Å². The molecule has 148 valence electrons. The maximum atomic E-state index is 12.6. The van der Waals surface area contributed by atoms with Gasteiger partial charge in [-0.05, 0) is 88.9 Å². The number of hydrogen-bond donors (Lipinski definition) is 1. The Labute approximate surface area is 183 Å². The molecule has 0 bridgehead atoms. The Hall–Kier alpha value is -3.18. The third kappa shape index (κ3) is 3.46. The fourth-order valence-corrected chi connectivity index (χ4v) is 4.25. The summed E-state index contributed by atoms with van der Waals surface area (Å²) < 4.78 is 0.859. The molecule has 5 heteroatoms. The van der Waals surface area contributed by atoms with Gasteiger partial charge in [-0.15, -0.1) is 0 Å². The zero-order chi connectivity index (χ0) is 20.7. The number of rotatable bonds is 3. The topological polar surface area (TPSA) is 45.2 Å². The molecular weight excluding hydrogens is 438 g/mol. The molecule has 0 atom stereocenters. The minimum atomic E-state index is -0.130. The number of benzene rings is 3. The molecule has 0 unspecified atom stereocenters. The van der Waals surface area contributed by atoms with E-state index >= 15 is 0 Å². The SMILES string of the molecule is Cc1ccc2cc3c(nc2c1)N(c1ccc(C(=O)Nc2ccccc2Br)cc1)CC3. The minimum absolute atomic E-state index is 0.130. The van der Waals surface area contributed by atoms with Crippen molar-refractivity contribution in [1.82, 2.24) is 4.98 Å². The Morgan fingerprint density at radius 2 is 1.83 bits per heavy atom. The minimum Gasteiger partial charge on any atom is -0.326 e. The van der Waals surface area contributed by atoms with Crippen LogP contribution in [-0.2, 0) is 6.42 Å². The summed E-state index contributed by atoms with van der Waals surface area (Å²) in [5, 5.41) is 4.13. The van der Waals surface area contributed by atoms with Crippen LogP contribution in [0.3, 0.4) is 0 Å². The second kappa shape index (κ2) is 7.58. The molecule has 1 aliphatic heterocycles. The summed E-state index contributed by atoms with van der Waals surface area (Å²) >= 11 is 3.46. The van der Waals surface area contributed by atoms with E-state index in [4.69, 9.17) is 4.98 Å². The van der Waals surface area contributed by atoms with E-state index in [0.717, 1.165) is 40.1 Å². The molecule has 1 aromatic heterocycles. The number of anilines is 3. The van der Waals surface area contributed by atoms with Crippen molar-refractivity contribution in [1.29, 1.82) is 0 Å². The summed E-state index contributed by atoms with van der Waals surface area (Å²) in [7, 11) is 0. The summed E-state index contributed by atoms with van der Waals surface area (Å²) in [6.07, 6.45) is 0.969. The molecule has 1 N–H and O–H groups in total.